The molecule has 1 aliphatic rings. The van der Waals surface area contributed by atoms with Gasteiger partial charge in [-0.1, -0.05) is 47.0 Å². The molecule has 0 radical (unpaired) electrons. The lowest BCUT2D eigenvalue weighted by molar-refractivity contribution is -0.0358. The largest absolute Gasteiger partial charge is 0.391 e. The third-order valence-electron chi connectivity index (χ3n) is 4.81. The predicted octanol–water partition coefficient (Wildman–Crippen LogP) is 3.44. The van der Waals surface area contributed by atoms with Crippen molar-refractivity contribution >= 4 is 0 Å². The molecule has 102 valence electrons. The molecule has 1 saturated carbocycles. The van der Waals surface area contributed by atoms with Gasteiger partial charge in [0.05, 0.1) is 6.10 Å². The van der Waals surface area contributed by atoms with Crippen LogP contribution in [0.4, 0.5) is 0 Å². The fraction of sp³-hybridized carbons (Fsp3) is 1.00. The van der Waals surface area contributed by atoms with Gasteiger partial charge in [0, 0.05) is 5.54 Å². The van der Waals surface area contributed by atoms with Crippen LogP contribution in [0.1, 0.15) is 66.2 Å². The van der Waals surface area contributed by atoms with Crippen LogP contribution in [0.5, 0.6) is 0 Å². The van der Waals surface area contributed by atoms with Gasteiger partial charge in [0.1, 0.15) is 0 Å². The van der Waals surface area contributed by atoms with Crippen LogP contribution < -0.4 is 0 Å². The van der Waals surface area contributed by atoms with Gasteiger partial charge in [-0.3, -0.25) is 4.90 Å². The first-order chi connectivity index (χ1) is 8.10. The molecule has 0 heterocycles. The van der Waals surface area contributed by atoms with Crippen LogP contribution >= 0.6 is 0 Å². The van der Waals surface area contributed by atoms with E-state index in [2.05, 4.69) is 32.6 Å². The molecule has 1 fully saturated rings. The third-order valence-corrected chi connectivity index (χ3v) is 4.81. The summed E-state index contributed by atoms with van der Waals surface area (Å²) in [5, 5.41) is 10.7. The zero-order chi connectivity index (χ0) is 12.9. The van der Waals surface area contributed by atoms with E-state index in [0.29, 0.717) is 5.92 Å². The first-order valence-corrected chi connectivity index (χ1v) is 7.53. The Labute approximate surface area is 107 Å². The maximum atomic E-state index is 10.7. The normalized spacial score (nSPS) is 22.9. The van der Waals surface area contributed by atoms with Crippen LogP contribution in [0.25, 0.3) is 0 Å². The highest BCUT2D eigenvalue weighted by atomic mass is 16.3. The summed E-state index contributed by atoms with van der Waals surface area (Å²) in [5.74, 6) is 0.637. The van der Waals surface area contributed by atoms with Gasteiger partial charge in [-0.05, 0) is 38.3 Å². The highest BCUT2D eigenvalue weighted by Gasteiger charge is 2.44. The summed E-state index contributed by atoms with van der Waals surface area (Å²) < 4.78 is 0. The monoisotopic (exact) mass is 241 g/mol. The van der Waals surface area contributed by atoms with Crippen molar-refractivity contribution < 1.29 is 5.11 Å². The van der Waals surface area contributed by atoms with Crippen molar-refractivity contribution in [1.82, 2.24) is 4.90 Å². The van der Waals surface area contributed by atoms with Gasteiger partial charge in [0.15, 0.2) is 0 Å². The molecule has 0 aliphatic heterocycles. The topological polar surface area (TPSA) is 23.5 Å². The van der Waals surface area contributed by atoms with E-state index >= 15 is 0 Å². The first kappa shape index (κ1) is 15.0. The van der Waals surface area contributed by atoms with E-state index in [1.54, 1.807) is 0 Å². The van der Waals surface area contributed by atoms with Gasteiger partial charge in [-0.25, -0.2) is 0 Å². The molecule has 2 unspecified atom stereocenters. The molecule has 0 aromatic heterocycles. The molecule has 0 aromatic carbocycles. The lowest BCUT2D eigenvalue weighted by Crippen LogP contribution is -2.55. The standard InChI is InChI=1S/C15H31NO/c1-5-13(4)12-14(17)15(10-8-9-11-15)16(6-2)7-3/h13-14,17H,5-12H2,1-4H3. The second-order valence-corrected chi connectivity index (χ2v) is 5.75. The molecular formula is C15H31NO. The molecular weight excluding hydrogens is 210 g/mol. The second-order valence-electron chi connectivity index (χ2n) is 5.75. The molecule has 2 atom stereocenters. The minimum Gasteiger partial charge on any atom is -0.391 e. The van der Waals surface area contributed by atoms with Crippen molar-refractivity contribution in [2.24, 2.45) is 5.92 Å². The molecule has 17 heavy (non-hydrogen) atoms. The Bertz CT molecular complexity index is 207. The summed E-state index contributed by atoms with van der Waals surface area (Å²) in [6.45, 7) is 11.0. The molecule has 0 amide bonds. The Morgan fingerprint density at radius 3 is 2.06 bits per heavy atom. The van der Waals surface area contributed by atoms with E-state index in [0.717, 1.165) is 19.5 Å². The van der Waals surface area contributed by atoms with Gasteiger partial charge in [-0.2, -0.15) is 0 Å². The van der Waals surface area contributed by atoms with Gasteiger partial charge >= 0.3 is 0 Å². The summed E-state index contributed by atoms with van der Waals surface area (Å²) in [6, 6.07) is 0. The summed E-state index contributed by atoms with van der Waals surface area (Å²) >= 11 is 0. The minimum atomic E-state index is -0.139. The number of hydrogen-bond acceptors (Lipinski definition) is 2. The van der Waals surface area contributed by atoms with Crippen LogP contribution in [0.3, 0.4) is 0 Å². The molecule has 1 N–H and O–H groups in total. The van der Waals surface area contributed by atoms with Crippen LogP contribution in [0.2, 0.25) is 0 Å². The molecule has 2 heteroatoms. The van der Waals surface area contributed by atoms with Crippen LogP contribution in [0, 0.1) is 5.92 Å². The van der Waals surface area contributed by atoms with Crippen LogP contribution in [-0.4, -0.2) is 34.7 Å². The van der Waals surface area contributed by atoms with Gasteiger partial charge in [-0.15, -0.1) is 0 Å². The van der Waals surface area contributed by atoms with E-state index in [1.165, 1.54) is 32.1 Å². The van der Waals surface area contributed by atoms with Gasteiger partial charge in [0.25, 0.3) is 0 Å². The van der Waals surface area contributed by atoms with Crippen molar-refractivity contribution in [3.05, 3.63) is 0 Å². The molecule has 1 aliphatic carbocycles. The van der Waals surface area contributed by atoms with Crippen molar-refractivity contribution in [3.63, 3.8) is 0 Å². The number of nitrogens with zero attached hydrogens (tertiary/aromatic N) is 1. The van der Waals surface area contributed by atoms with Crippen molar-refractivity contribution in [2.75, 3.05) is 13.1 Å². The molecule has 0 saturated heterocycles. The molecule has 0 bridgehead atoms. The van der Waals surface area contributed by atoms with E-state index in [4.69, 9.17) is 0 Å². The smallest absolute Gasteiger partial charge is 0.0726 e. The lowest BCUT2D eigenvalue weighted by atomic mass is 9.83. The van der Waals surface area contributed by atoms with E-state index in [9.17, 15) is 5.11 Å². The van der Waals surface area contributed by atoms with Crippen molar-refractivity contribution in [3.8, 4) is 0 Å². The maximum absolute atomic E-state index is 10.7. The number of likely N-dealkylation sites (N-methyl/N-ethyl adjacent to an activating group) is 1. The van der Waals surface area contributed by atoms with E-state index < -0.39 is 0 Å². The lowest BCUT2D eigenvalue weighted by Gasteiger charge is -2.44. The first-order valence-electron chi connectivity index (χ1n) is 7.53. The quantitative estimate of drug-likeness (QED) is 0.738. The molecule has 2 nitrogen and oxygen atoms in total. The molecule has 0 aromatic rings. The van der Waals surface area contributed by atoms with Crippen molar-refractivity contribution in [1.29, 1.82) is 0 Å². The highest BCUT2D eigenvalue weighted by molar-refractivity contribution is 5.00. The zero-order valence-electron chi connectivity index (χ0n) is 12.2. The summed E-state index contributed by atoms with van der Waals surface area (Å²) in [7, 11) is 0. The van der Waals surface area contributed by atoms with Crippen molar-refractivity contribution in [2.45, 2.75) is 77.9 Å². The number of hydrogen-bond donors (Lipinski definition) is 1. The van der Waals surface area contributed by atoms with Gasteiger partial charge in [0.2, 0.25) is 0 Å². The Morgan fingerprint density at radius 1 is 1.12 bits per heavy atom. The van der Waals surface area contributed by atoms with Crippen LogP contribution in [-0.2, 0) is 0 Å². The van der Waals surface area contributed by atoms with Gasteiger partial charge < -0.3 is 5.11 Å². The minimum absolute atomic E-state index is 0.0902. The molecule has 0 spiro atoms. The fourth-order valence-corrected chi connectivity index (χ4v) is 3.47. The fourth-order valence-electron chi connectivity index (χ4n) is 3.47. The predicted molar refractivity (Wildman–Crippen MR) is 74.2 cm³/mol. The highest BCUT2D eigenvalue weighted by Crippen LogP contribution is 2.40. The molecule has 1 rings (SSSR count). The van der Waals surface area contributed by atoms with Crippen LogP contribution in [0.15, 0.2) is 0 Å². The average molecular weight is 241 g/mol. The maximum Gasteiger partial charge on any atom is 0.0726 e. The third kappa shape index (κ3) is 3.23. The number of rotatable bonds is 7. The van der Waals surface area contributed by atoms with E-state index in [-0.39, 0.29) is 11.6 Å². The Morgan fingerprint density at radius 2 is 1.65 bits per heavy atom. The zero-order valence-corrected chi connectivity index (χ0v) is 12.2. The number of aliphatic hydroxyl groups excluding tert-OH is 1. The Balaban J connectivity index is 2.76. The Kier molecular flexibility index (Phi) is 5.94. The number of aliphatic hydroxyl groups is 1. The Hall–Kier alpha value is -0.0800. The summed E-state index contributed by atoms with van der Waals surface area (Å²) in [4.78, 5) is 2.51. The van der Waals surface area contributed by atoms with E-state index in [1.807, 2.05) is 0 Å². The SMILES string of the molecule is CCC(C)CC(O)C1(N(CC)CC)CCCC1. The average Bonchev–Trinajstić information content (AvgIpc) is 2.81. The summed E-state index contributed by atoms with van der Waals surface area (Å²) in [6.07, 6.45) is 6.94. The summed E-state index contributed by atoms with van der Waals surface area (Å²) in [5.41, 5.74) is 0.0902. The second kappa shape index (κ2) is 6.75.